The molecule has 2 aromatic carbocycles. The zero-order chi connectivity index (χ0) is 17.2. The third kappa shape index (κ3) is 6.71. The molecule has 1 unspecified atom stereocenters. The Labute approximate surface area is 144 Å². The molecule has 0 saturated carbocycles. The van der Waals surface area contributed by atoms with Gasteiger partial charge in [0.05, 0.1) is 6.10 Å². The lowest BCUT2D eigenvalue weighted by Crippen LogP contribution is -2.31. The molecule has 0 heterocycles. The molecule has 0 aromatic heterocycles. The van der Waals surface area contributed by atoms with E-state index >= 15 is 0 Å². The van der Waals surface area contributed by atoms with Gasteiger partial charge in [0.2, 0.25) is 0 Å². The number of nitrogens with one attached hydrogen (secondary N) is 2. The summed E-state index contributed by atoms with van der Waals surface area (Å²) in [6.45, 7) is 7.51. The van der Waals surface area contributed by atoms with E-state index in [4.69, 9.17) is 4.74 Å². The fourth-order valence-corrected chi connectivity index (χ4v) is 2.35. The van der Waals surface area contributed by atoms with Gasteiger partial charge >= 0.3 is 0 Å². The van der Waals surface area contributed by atoms with Crippen molar-refractivity contribution in [2.45, 2.75) is 33.1 Å². The number of rotatable bonds is 10. The first-order valence-corrected chi connectivity index (χ1v) is 8.51. The van der Waals surface area contributed by atoms with E-state index in [-0.39, 0.29) is 6.10 Å². The van der Waals surface area contributed by atoms with Gasteiger partial charge in [0.1, 0.15) is 12.4 Å². The van der Waals surface area contributed by atoms with E-state index in [2.05, 4.69) is 47.9 Å². The molecule has 4 heteroatoms. The van der Waals surface area contributed by atoms with Crippen molar-refractivity contribution in [3.8, 4) is 5.75 Å². The fraction of sp³-hybridized carbons (Fsp3) is 0.400. The summed E-state index contributed by atoms with van der Waals surface area (Å²) in [6, 6.07) is 16.5. The Bertz CT molecular complexity index is 597. The summed E-state index contributed by atoms with van der Waals surface area (Å²) in [6.07, 6.45) is -0.305. The summed E-state index contributed by atoms with van der Waals surface area (Å²) >= 11 is 0. The molecule has 0 fully saturated rings. The number of aryl methyl sites for hydroxylation is 1. The van der Waals surface area contributed by atoms with Crippen LogP contribution in [0.25, 0.3) is 0 Å². The highest BCUT2D eigenvalue weighted by molar-refractivity contribution is 5.33. The molecule has 0 bridgehead atoms. The first kappa shape index (κ1) is 18.5. The molecule has 0 aliphatic carbocycles. The molecule has 0 aliphatic heterocycles. The highest BCUT2D eigenvalue weighted by Gasteiger charge is 2.03. The minimum atomic E-state index is -0.305. The second-order valence-corrected chi connectivity index (χ2v) is 6.11. The third-order valence-corrected chi connectivity index (χ3v) is 3.72. The number of aliphatic hydroxyl groups excluding tert-OH is 1. The molecule has 3 N–H and O–H groups in total. The van der Waals surface area contributed by atoms with Crippen LogP contribution in [0, 0.1) is 6.92 Å². The van der Waals surface area contributed by atoms with E-state index in [1.807, 2.05) is 18.2 Å². The van der Waals surface area contributed by atoms with Crippen LogP contribution in [0.15, 0.2) is 48.5 Å². The van der Waals surface area contributed by atoms with Crippen LogP contribution in [0.4, 0.5) is 0 Å². The van der Waals surface area contributed by atoms with Crippen molar-refractivity contribution in [3.63, 3.8) is 0 Å². The molecule has 130 valence electrons. The molecule has 0 spiro atoms. The van der Waals surface area contributed by atoms with Crippen molar-refractivity contribution >= 4 is 0 Å². The average Bonchev–Trinajstić information content (AvgIpc) is 2.58. The minimum Gasteiger partial charge on any atom is -0.489 e. The summed E-state index contributed by atoms with van der Waals surface area (Å²) in [4.78, 5) is 0. The number of hydrogen-bond acceptors (Lipinski definition) is 4. The van der Waals surface area contributed by atoms with Crippen molar-refractivity contribution in [1.82, 2.24) is 10.6 Å². The second kappa shape index (κ2) is 10.1. The van der Waals surface area contributed by atoms with Crippen LogP contribution in [0.3, 0.4) is 0 Å². The zero-order valence-corrected chi connectivity index (χ0v) is 14.6. The van der Waals surface area contributed by atoms with E-state index in [0.29, 0.717) is 13.2 Å². The lowest BCUT2D eigenvalue weighted by molar-refractivity contribution is 0.191. The van der Waals surface area contributed by atoms with Crippen LogP contribution >= 0.6 is 0 Å². The van der Waals surface area contributed by atoms with Gasteiger partial charge in [0.25, 0.3) is 0 Å². The lowest BCUT2D eigenvalue weighted by Gasteiger charge is -2.13. The third-order valence-electron chi connectivity index (χ3n) is 3.72. The zero-order valence-electron chi connectivity index (χ0n) is 14.6. The molecule has 1 atom stereocenters. The minimum absolute atomic E-state index is 0.305. The molecule has 0 saturated heterocycles. The summed E-state index contributed by atoms with van der Waals surface area (Å²) in [5, 5.41) is 15.8. The molecule has 0 amide bonds. The Morgan fingerprint density at radius 3 is 2.46 bits per heavy atom. The van der Waals surface area contributed by atoms with Crippen molar-refractivity contribution in [3.05, 3.63) is 65.2 Å². The molecular weight excluding hydrogens is 300 g/mol. The van der Waals surface area contributed by atoms with Gasteiger partial charge in [-0.15, -0.1) is 0 Å². The van der Waals surface area contributed by atoms with Gasteiger partial charge in [-0.3, -0.25) is 0 Å². The van der Waals surface area contributed by atoms with Gasteiger partial charge in [0, 0.05) is 31.7 Å². The van der Waals surface area contributed by atoms with Crippen LogP contribution < -0.4 is 15.4 Å². The van der Waals surface area contributed by atoms with Gasteiger partial charge < -0.3 is 20.5 Å². The van der Waals surface area contributed by atoms with Crippen LogP contribution in [0.5, 0.6) is 5.75 Å². The molecule has 2 aromatic rings. The largest absolute Gasteiger partial charge is 0.489 e. The van der Waals surface area contributed by atoms with Crippen molar-refractivity contribution in [2.75, 3.05) is 19.6 Å². The standard InChI is InChI=1S/C20H28N2O2/c1-16-7-9-18(10-8-16)15-24-20-6-4-3-5-19(20)14-22-12-11-21-13-17(2)23/h3-10,17,21-23H,11-15H2,1-2H3. The van der Waals surface area contributed by atoms with Crippen LogP contribution in [-0.4, -0.2) is 30.8 Å². The number of benzene rings is 2. The van der Waals surface area contributed by atoms with Crippen LogP contribution in [-0.2, 0) is 13.2 Å². The van der Waals surface area contributed by atoms with E-state index in [1.165, 1.54) is 11.1 Å². The average molecular weight is 328 g/mol. The van der Waals surface area contributed by atoms with Crippen LogP contribution in [0.2, 0.25) is 0 Å². The highest BCUT2D eigenvalue weighted by Crippen LogP contribution is 2.19. The molecule has 0 radical (unpaired) electrons. The van der Waals surface area contributed by atoms with Gasteiger partial charge in [-0.1, -0.05) is 48.0 Å². The summed E-state index contributed by atoms with van der Waals surface area (Å²) < 4.78 is 5.98. The van der Waals surface area contributed by atoms with Gasteiger partial charge in [0.15, 0.2) is 0 Å². The summed E-state index contributed by atoms with van der Waals surface area (Å²) in [5.41, 5.74) is 3.58. The topological polar surface area (TPSA) is 53.5 Å². The van der Waals surface area contributed by atoms with Gasteiger partial charge in [-0.05, 0) is 25.5 Å². The Balaban J connectivity index is 1.78. The fourth-order valence-electron chi connectivity index (χ4n) is 2.35. The maximum atomic E-state index is 9.19. The maximum absolute atomic E-state index is 9.19. The monoisotopic (exact) mass is 328 g/mol. The van der Waals surface area contributed by atoms with E-state index in [0.717, 1.165) is 30.9 Å². The predicted octanol–water partition coefficient (Wildman–Crippen LogP) is 2.63. The molecule has 0 aliphatic rings. The van der Waals surface area contributed by atoms with E-state index < -0.39 is 0 Å². The highest BCUT2D eigenvalue weighted by atomic mass is 16.5. The van der Waals surface area contributed by atoms with Crippen molar-refractivity contribution in [1.29, 1.82) is 0 Å². The first-order valence-electron chi connectivity index (χ1n) is 8.51. The van der Waals surface area contributed by atoms with Crippen LogP contribution in [0.1, 0.15) is 23.6 Å². The van der Waals surface area contributed by atoms with Crippen molar-refractivity contribution in [2.24, 2.45) is 0 Å². The Morgan fingerprint density at radius 2 is 1.71 bits per heavy atom. The number of aliphatic hydroxyl groups is 1. The predicted molar refractivity (Wildman–Crippen MR) is 98.2 cm³/mol. The molecule has 24 heavy (non-hydrogen) atoms. The van der Waals surface area contributed by atoms with Gasteiger partial charge in [-0.25, -0.2) is 0 Å². The molecule has 4 nitrogen and oxygen atoms in total. The number of para-hydroxylation sites is 1. The second-order valence-electron chi connectivity index (χ2n) is 6.11. The van der Waals surface area contributed by atoms with E-state index in [9.17, 15) is 5.11 Å². The Kier molecular flexibility index (Phi) is 7.75. The maximum Gasteiger partial charge on any atom is 0.124 e. The number of hydrogen-bond donors (Lipinski definition) is 3. The Hall–Kier alpha value is -1.88. The molecular formula is C20H28N2O2. The van der Waals surface area contributed by atoms with Gasteiger partial charge in [-0.2, -0.15) is 0 Å². The lowest BCUT2D eigenvalue weighted by atomic mass is 10.1. The first-order chi connectivity index (χ1) is 11.6. The quantitative estimate of drug-likeness (QED) is 0.587. The molecule has 2 rings (SSSR count). The Morgan fingerprint density at radius 1 is 1.00 bits per heavy atom. The van der Waals surface area contributed by atoms with Crippen molar-refractivity contribution < 1.29 is 9.84 Å². The smallest absolute Gasteiger partial charge is 0.124 e. The summed E-state index contributed by atoms with van der Waals surface area (Å²) in [7, 11) is 0. The SMILES string of the molecule is Cc1ccc(COc2ccccc2CNCCNCC(C)O)cc1. The van der Waals surface area contributed by atoms with E-state index in [1.54, 1.807) is 6.92 Å². The summed E-state index contributed by atoms with van der Waals surface area (Å²) in [5.74, 6) is 0.919. The number of ether oxygens (including phenoxy) is 1. The normalized spacial score (nSPS) is 12.1.